The van der Waals surface area contributed by atoms with Gasteiger partial charge in [0.15, 0.2) is 11.6 Å². The largest absolute Gasteiger partial charge is 0.337 e. The molecule has 2 aromatic rings. The third-order valence-electron chi connectivity index (χ3n) is 5.12. The SMILES string of the molecule is C[C@@H]1C[C@@H]1C(=O)N1CCCC[C@H]1c1nc(-c2ccc(F)c(F)c2)no1. The number of carbonyl (C=O) groups excluding carboxylic acids is 1. The number of carbonyl (C=O) groups is 1. The van der Waals surface area contributed by atoms with Crippen LogP contribution >= 0.6 is 0 Å². The topological polar surface area (TPSA) is 59.2 Å². The molecule has 1 aromatic heterocycles. The molecular weight excluding hydrogens is 328 g/mol. The van der Waals surface area contributed by atoms with Crippen LogP contribution in [-0.2, 0) is 4.79 Å². The van der Waals surface area contributed by atoms with E-state index in [0.717, 1.165) is 37.8 Å². The van der Waals surface area contributed by atoms with Gasteiger partial charge in [-0.1, -0.05) is 12.1 Å². The minimum absolute atomic E-state index is 0.106. The van der Waals surface area contributed by atoms with Crippen LogP contribution in [0.15, 0.2) is 22.7 Å². The second-order valence-electron chi connectivity index (χ2n) is 6.95. The molecule has 1 saturated heterocycles. The van der Waals surface area contributed by atoms with Crippen LogP contribution < -0.4 is 0 Å². The van der Waals surface area contributed by atoms with Crippen LogP contribution in [0.25, 0.3) is 11.4 Å². The first-order valence-electron chi connectivity index (χ1n) is 8.64. The van der Waals surface area contributed by atoms with Crippen molar-refractivity contribution in [1.29, 1.82) is 0 Å². The molecule has 1 saturated carbocycles. The Hall–Kier alpha value is -2.31. The van der Waals surface area contributed by atoms with Crippen LogP contribution in [0.4, 0.5) is 8.78 Å². The second kappa shape index (κ2) is 6.20. The second-order valence-corrected chi connectivity index (χ2v) is 6.95. The van der Waals surface area contributed by atoms with Gasteiger partial charge in [-0.15, -0.1) is 0 Å². The number of nitrogens with zero attached hydrogens (tertiary/aromatic N) is 3. The molecule has 2 heterocycles. The first-order chi connectivity index (χ1) is 12.0. The molecule has 0 radical (unpaired) electrons. The van der Waals surface area contributed by atoms with E-state index in [1.807, 2.05) is 4.90 Å². The van der Waals surface area contributed by atoms with Gasteiger partial charge in [0.25, 0.3) is 0 Å². The van der Waals surface area contributed by atoms with E-state index in [2.05, 4.69) is 17.1 Å². The summed E-state index contributed by atoms with van der Waals surface area (Å²) in [6.45, 7) is 2.77. The number of halogens is 2. The normalized spacial score (nSPS) is 25.9. The highest BCUT2D eigenvalue weighted by atomic mass is 19.2. The summed E-state index contributed by atoms with van der Waals surface area (Å²) in [5.74, 6) is -0.613. The van der Waals surface area contributed by atoms with Gasteiger partial charge in [0.2, 0.25) is 17.6 Å². The number of amides is 1. The van der Waals surface area contributed by atoms with Crippen molar-refractivity contribution in [3.63, 3.8) is 0 Å². The first-order valence-corrected chi connectivity index (χ1v) is 8.64. The van der Waals surface area contributed by atoms with Crippen LogP contribution in [0, 0.1) is 23.5 Å². The van der Waals surface area contributed by atoms with Crippen LogP contribution in [0.2, 0.25) is 0 Å². The van der Waals surface area contributed by atoms with Gasteiger partial charge in [-0.3, -0.25) is 4.79 Å². The molecule has 0 spiro atoms. The monoisotopic (exact) mass is 347 g/mol. The molecule has 2 fully saturated rings. The van der Waals surface area contributed by atoms with E-state index in [9.17, 15) is 13.6 Å². The van der Waals surface area contributed by atoms with E-state index >= 15 is 0 Å². The lowest BCUT2D eigenvalue weighted by molar-refractivity contribution is -0.137. The first kappa shape index (κ1) is 16.2. The fourth-order valence-electron chi connectivity index (χ4n) is 3.45. The predicted octanol–water partition coefficient (Wildman–Crippen LogP) is 3.72. The molecule has 1 amide bonds. The Morgan fingerprint density at radius 3 is 2.80 bits per heavy atom. The lowest BCUT2D eigenvalue weighted by Gasteiger charge is -2.33. The number of likely N-dealkylation sites (tertiary alicyclic amines) is 1. The van der Waals surface area contributed by atoms with Crippen LogP contribution in [0.1, 0.15) is 44.5 Å². The quantitative estimate of drug-likeness (QED) is 0.849. The summed E-state index contributed by atoms with van der Waals surface area (Å²) in [6, 6.07) is 3.24. The van der Waals surface area contributed by atoms with Gasteiger partial charge in [-0.05, 0) is 49.8 Å². The van der Waals surface area contributed by atoms with Crippen LogP contribution in [0.3, 0.4) is 0 Å². The summed E-state index contributed by atoms with van der Waals surface area (Å²) in [5.41, 5.74) is 0.346. The lowest BCUT2D eigenvalue weighted by atomic mass is 10.0. The van der Waals surface area contributed by atoms with E-state index in [4.69, 9.17) is 4.52 Å². The Balaban J connectivity index is 1.59. The van der Waals surface area contributed by atoms with Crippen molar-refractivity contribution in [3.8, 4) is 11.4 Å². The average Bonchev–Trinajstić information content (AvgIpc) is 3.15. The Labute approximate surface area is 144 Å². The molecule has 7 heteroatoms. The predicted molar refractivity (Wildman–Crippen MR) is 85.2 cm³/mol. The highest BCUT2D eigenvalue weighted by molar-refractivity contribution is 5.82. The van der Waals surface area contributed by atoms with Crippen molar-refractivity contribution in [1.82, 2.24) is 15.0 Å². The molecule has 132 valence electrons. The Morgan fingerprint density at radius 1 is 1.28 bits per heavy atom. The van der Waals surface area contributed by atoms with Gasteiger partial charge < -0.3 is 9.42 Å². The van der Waals surface area contributed by atoms with E-state index in [1.54, 1.807) is 0 Å². The van der Waals surface area contributed by atoms with Crippen molar-refractivity contribution in [2.45, 2.75) is 38.6 Å². The molecule has 1 aliphatic heterocycles. The molecule has 25 heavy (non-hydrogen) atoms. The zero-order chi connectivity index (χ0) is 17.6. The van der Waals surface area contributed by atoms with E-state index in [-0.39, 0.29) is 23.7 Å². The maximum Gasteiger partial charge on any atom is 0.249 e. The average molecular weight is 347 g/mol. The summed E-state index contributed by atoms with van der Waals surface area (Å²) in [4.78, 5) is 18.9. The molecule has 2 aliphatic rings. The van der Waals surface area contributed by atoms with Gasteiger partial charge in [0.1, 0.15) is 6.04 Å². The smallest absolute Gasteiger partial charge is 0.249 e. The number of piperidine rings is 1. The summed E-state index contributed by atoms with van der Waals surface area (Å²) in [5, 5.41) is 3.89. The highest BCUT2D eigenvalue weighted by Crippen LogP contribution is 2.42. The summed E-state index contributed by atoms with van der Waals surface area (Å²) < 4.78 is 31.9. The molecule has 0 bridgehead atoms. The van der Waals surface area contributed by atoms with Gasteiger partial charge in [-0.2, -0.15) is 4.98 Å². The van der Waals surface area contributed by atoms with Gasteiger partial charge >= 0.3 is 0 Å². The van der Waals surface area contributed by atoms with E-state index < -0.39 is 11.6 Å². The van der Waals surface area contributed by atoms with Crippen molar-refractivity contribution >= 4 is 5.91 Å². The Bertz CT molecular complexity index is 807. The van der Waals surface area contributed by atoms with Crippen LogP contribution in [0.5, 0.6) is 0 Å². The molecule has 0 unspecified atom stereocenters. The summed E-state index contributed by atoms with van der Waals surface area (Å²) in [6.07, 6.45) is 3.66. The number of rotatable bonds is 3. The maximum absolute atomic E-state index is 13.4. The van der Waals surface area contributed by atoms with Gasteiger partial charge in [0, 0.05) is 18.0 Å². The third kappa shape index (κ3) is 3.03. The molecule has 1 aromatic carbocycles. The van der Waals surface area contributed by atoms with Crippen molar-refractivity contribution in [2.24, 2.45) is 11.8 Å². The highest BCUT2D eigenvalue weighted by Gasteiger charge is 2.44. The molecular formula is C18H19F2N3O2. The molecule has 0 N–H and O–H groups in total. The number of hydrogen-bond donors (Lipinski definition) is 0. The standard InChI is InChI=1S/C18H19F2N3O2/c1-10-8-12(10)18(24)23-7-3-2-4-15(23)17-21-16(22-25-17)11-5-6-13(19)14(20)9-11/h5-6,9-10,12,15H,2-4,7-8H2,1H3/t10-,12+,15+/m1/s1. The van der Waals surface area contributed by atoms with E-state index in [0.29, 0.717) is 23.9 Å². The lowest BCUT2D eigenvalue weighted by Crippen LogP contribution is -2.39. The molecule has 4 rings (SSSR count). The van der Waals surface area contributed by atoms with Crippen molar-refractivity contribution in [2.75, 3.05) is 6.54 Å². The van der Waals surface area contributed by atoms with Gasteiger partial charge in [0.05, 0.1) is 0 Å². The molecule has 1 aliphatic carbocycles. The van der Waals surface area contributed by atoms with Crippen LogP contribution in [-0.4, -0.2) is 27.5 Å². The number of hydrogen-bond acceptors (Lipinski definition) is 4. The molecule has 5 nitrogen and oxygen atoms in total. The Kier molecular flexibility index (Phi) is 4.01. The zero-order valence-corrected chi connectivity index (χ0v) is 13.9. The minimum atomic E-state index is -0.957. The van der Waals surface area contributed by atoms with E-state index in [1.165, 1.54) is 6.07 Å². The fraction of sp³-hybridized carbons (Fsp3) is 0.500. The fourth-order valence-corrected chi connectivity index (χ4v) is 3.45. The third-order valence-corrected chi connectivity index (χ3v) is 5.12. The Morgan fingerprint density at radius 2 is 2.08 bits per heavy atom. The zero-order valence-electron chi connectivity index (χ0n) is 13.9. The number of aromatic nitrogens is 2. The van der Waals surface area contributed by atoms with Crippen molar-refractivity contribution in [3.05, 3.63) is 35.7 Å². The number of benzene rings is 1. The minimum Gasteiger partial charge on any atom is -0.337 e. The van der Waals surface area contributed by atoms with Crippen molar-refractivity contribution < 1.29 is 18.1 Å². The summed E-state index contributed by atoms with van der Waals surface area (Å²) in [7, 11) is 0. The summed E-state index contributed by atoms with van der Waals surface area (Å²) >= 11 is 0. The van der Waals surface area contributed by atoms with Gasteiger partial charge in [-0.25, -0.2) is 8.78 Å². The molecule has 3 atom stereocenters. The maximum atomic E-state index is 13.4.